The molecule has 2 aromatic heterocycles. The first-order valence-electron chi connectivity index (χ1n) is 13.2. The summed E-state index contributed by atoms with van der Waals surface area (Å²) < 4.78 is 66.5. The number of aliphatic hydroxyl groups is 1. The molecule has 1 amide bonds. The fraction of sp³-hybridized carbons (Fsp3) is 0.300. The maximum Gasteiger partial charge on any atom is 0.399 e. The van der Waals surface area contributed by atoms with Crippen LogP contribution in [0.5, 0.6) is 11.5 Å². The molecule has 41 heavy (non-hydrogen) atoms. The number of alkyl halides is 3. The van der Waals surface area contributed by atoms with Crippen molar-refractivity contribution in [1.82, 2.24) is 15.3 Å². The van der Waals surface area contributed by atoms with E-state index < -0.39 is 43.0 Å². The summed E-state index contributed by atoms with van der Waals surface area (Å²) in [4.78, 5) is 22.1. The molecule has 1 aliphatic heterocycles. The van der Waals surface area contributed by atoms with E-state index in [0.717, 1.165) is 18.2 Å². The van der Waals surface area contributed by atoms with Crippen molar-refractivity contribution in [1.29, 1.82) is 0 Å². The van der Waals surface area contributed by atoms with Gasteiger partial charge in [-0.15, -0.1) is 0 Å². The second-order valence-corrected chi connectivity index (χ2v) is 10.2. The molecule has 11 heteroatoms. The van der Waals surface area contributed by atoms with Gasteiger partial charge in [0.2, 0.25) is 0 Å². The Morgan fingerprint density at radius 2 is 1.93 bits per heavy atom. The minimum absolute atomic E-state index is 0.0311. The highest BCUT2D eigenvalue weighted by atomic mass is 19.4. The third-order valence-electron chi connectivity index (χ3n) is 7.20. The summed E-state index contributed by atoms with van der Waals surface area (Å²) in [6.07, 6.45) is -0.986. The van der Waals surface area contributed by atoms with E-state index in [1.165, 1.54) is 30.3 Å². The number of fused-ring (bicyclic) bond motifs is 2. The van der Waals surface area contributed by atoms with Gasteiger partial charge in [0.25, 0.3) is 5.91 Å². The Bertz CT molecular complexity index is 1610. The Balaban J connectivity index is 1.30. The van der Waals surface area contributed by atoms with E-state index in [9.17, 15) is 27.5 Å². The van der Waals surface area contributed by atoms with Crippen LogP contribution in [0.2, 0.25) is 0 Å². The Kier molecular flexibility index (Phi) is 6.98. The molecule has 1 saturated carbocycles. The van der Waals surface area contributed by atoms with Gasteiger partial charge in [0.15, 0.2) is 0 Å². The van der Waals surface area contributed by atoms with Crippen LogP contribution in [-0.4, -0.2) is 53.0 Å². The highest BCUT2D eigenvalue weighted by molar-refractivity contribution is 5.99. The number of carbonyl (C=O) groups is 1. The number of carbonyl (C=O) groups excluding carboxylic acids is 1. The van der Waals surface area contributed by atoms with Crippen molar-refractivity contribution in [3.63, 3.8) is 0 Å². The molecule has 2 unspecified atom stereocenters. The number of hydrogen-bond acceptors (Lipinski definition) is 6. The molecule has 4 aromatic rings. The molecule has 212 valence electrons. The quantitative estimate of drug-likeness (QED) is 0.273. The number of nitrogens with one attached hydrogen (secondary N) is 1. The molecule has 2 aromatic carbocycles. The molecule has 1 fully saturated rings. The number of rotatable bonds is 8. The number of amides is 1. The Morgan fingerprint density at radius 3 is 2.63 bits per heavy atom. The first-order valence-corrected chi connectivity index (χ1v) is 13.2. The first-order chi connectivity index (χ1) is 19.7. The molecule has 0 radical (unpaired) electrons. The summed E-state index contributed by atoms with van der Waals surface area (Å²) in [6.45, 7) is -1.21. The molecule has 1 aliphatic carbocycles. The van der Waals surface area contributed by atoms with Crippen molar-refractivity contribution < 1.29 is 36.9 Å². The molecule has 0 saturated heterocycles. The topological polar surface area (TPSA) is 93.6 Å². The molecule has 0 bridgehead atoms. The predicted octanol–water partition coefficient (Wildman–Crippen LogP) is 5.52. The highest BCUT2D eigenvalue weighted by Gasteiger charge is 2.47. The van der Waals surface area contributed by atoms with Crippen molar-refractivity contribution in [3.8, 4) is 22.8 Å². The van der Waals surface area contributed by atoms with Gasteiger partial charge in [-0.05, 0) is 61.4 Å². The fourth-order valence-corrected chi connectivity index (χ4v) is 4.85. The van der Waals surface area contributed by atoms with E-state index >= 15 is 0 Å². The van der Waals surface area contributed by atoms with Gasteiger partial charge in [-0.1, -0.05) is 6.07 Å². The maximum absolute atomic E-state index is 13.8. The van der Waals surface area contributed by atoms with Crippen molar-refractivity contribution in [2.45, 2.75) is 37.0 Å². The van der Waals surface area contributed by atoms with Crippen LogP contribution in [0.4, 0.5) is 17.6 Å². The molecule has 7 nitrogen and oxygen atoms in total. The van der Waals surface area contributed by atoms with Crippen molar-refractivity contribution in [2.75, 3.05) is 19.8 Å². The zero-order valence-electron chi connectivity index (χ0n) is 21.6. The lowest BCUT2D eigenvalue weighted by Crippen LogP contribution is -2.30. The number of halogens is 4. The summed E-state index contributed by atoms with van der Waals surface area (Å²) in [7, 11) is 0. The first kappa shape index (κ1) is 26.9. The smallest absolute Gasteiger partial charge is 0.399 e. The van der Waals surface area contributed by atoms with Crippen LogP contribution in [0.1, 0.15) is 46.3 Å². The zero-order valence-corrected chi connectivity index (χ0v) is 21.6. The zero-order chi connectivity index (χ0) is 28.7. The van der Waals surface area contributed by atoms with Crippen LogP contribution in [0.25, 0.3) is 22.2 Å². The van der Waals surface area contributed by atoms with Crippen LogP contribution >= 0.6 is 0 Å². The van der Waals surface area contributed by atoms with Crippen LogP contribution in [0.15, 0.2) is 60.8 Å². The lowest BCUT2D eigenvalue weighted by atomic mass is 9.94. The number of benzene rings is 2. The third-order valence-corrected chi connectivity index (χ3v) is 7.20. The van der Waals surface area contributed by atoms with Crippen molar-refractivity contribution in [3.05, 3.63) is 83.4 Å². The van der Waals surface area contributed by atoms with E-state index in [4.69, 9.17) is 9.47 Å². The number of hydrogen-bond donors (Lipinski definition) is 2. The largest absolute Gasteiger partial charge is 0.490 e. The summed E-state index contributed by atoms with van der Waals surface area (Å²) in [5.41, 5.74) is 1.46. The van der Waals surface area contributed by atoms with Gasteiger partial charge in [-0.25, -0.2) is 9.37 Å². The number of ether oxygens (including phenoxy) is 2. The third kappa shape index (κ3) is 5.54. The minimum Gasteiger partial charge on any atom is -0.490 e. The van der Waals surface area contributed by atoms with Gasteiger partial charge in [-0.3, -0.25) is 9.78 Å². The SMILES string of the molecule is O=C(NCC(CO)c1cc2c(c(-c3ccc(F)cc3)n1)OCC2C(F)(F)F)c1cc(OC2CC2)c2ncccc2c1. The average Bonchev–Trinajstić information content (AvgIpc) is 3.66. The van der Waals surface area contributed by atoms with Crippen molar-refractivity contribution >= 4 is 16.8 Å². The van der Waals surface area contributed by atoms with Crippen LogP contribution < -0.4 is 14.8 Å². The molecular weight excluding hydrogens is 542 g/mol. The van der Waals surface area contributed by atoms with E-state index in [1.807, 2.05) is 6.07 Å². The monoisotopic (exact) mass is 567 g/mol. The molecule has 2 atom stereocenters. The maximum atomic E-state index is 13.8. The van der Waals surface area contributed by atoms with Crippen LogP contribution in [0.3, 0.4) is 0 Å². The Morgan fingerprint density at radius 1 is 1.15 bits per heavy atom. The summed E-state index contributed by atoms with van der Waals surface area (Å²) in [5.74, 6) is -3.22. The molecule has 0 spiro atoms. The molecule has 3 heterocycles. The van der Waals surface area contributed by atoms with E-state index in [-0.39, 0.29) is 35.3 Å². The summed E-state index contributed by atoms with van der Waals surface area (Å²) >= 11 is 0. The lowest BCUT2D eigenvalue weighted by molar-refractivity contribution is -0.151. The van der Waals surface area contributed by atoms with Gasteiger partial charge in [0.05, 0.1) is 12.7 Å². The predicted molar refractivity (Wildman–Crippen MR) is 141 cm³/mol. The number of nitrogens with zero attached hydrogens (tertiary/aromatic N) is 2. The summed E-state index contributed by atoms with van der Waals surface area (Å²) in [6, 6.07) is 13.3. The Labute approximate surface area is 232 Å². The second-order valence-electron chi connectivity index (χ2n) is 10.2. The lowest BCUT2D eigenvalue weighted by Gasteiger charge is -2.19. The Hall–Kier alpha value is -4.25. The molecular formula is C30H25F4N3O4. The van der Waals surface area contributed by atoms with Gasteiger partial charge in [-0.2, -0.15) is 13.2 Å². The van der Waals surface area contributed by atoms with Gasteiger partial charge in [0.1, 0.15) is 41.1 Å². The number of pyridine rings is 2. The average molecular weight is 568 g/mol. The number of aromatic nitrogens is 2. The minimum atomic E-state index is -4.57. The normalized spacial score (nSPS) is 17.1. The number of aliphatic hydroxyl groups excluding tert-OH is 1. The van der Waals surface area contributed by atoms with E-state index in [0.29, 0.717) is 22.4 Å². The van der Waals surface area contributed by atoms with E-state index in [2.05, 4.69) is 15.3 Å². The van der Waals surface area contributed by atoms with Gasteiger partial charge < -0.3 is 19.9 Å². The second kappa shape index (κ2) is 10.6. The fourth-order valence-electron chi connectivity index (χ4n) is 4.85. The van der Waals surface area contributed by atoms with Crippen molar-refractivity contribution in [2.24, 2.45) is 0 Å². The van der Waals surface area contributed by atoms with Crippen LogP contribution in [0, 0.1) is 5.82 Å². The highest BCUT2D eigenvalue weighted by Crippen LogP contribution is 2.48. The van der Waals surface area contributed by atoms with Gasteiger partial charge >= 0.3 is 6.18 Å². The molecule has 2 aliphatic rings. The van der Waals surface area contributed by atoms with Gasteiger partial charge in [0, 0.05) is 46.4 Å². The summed E-state index contributed by atoms with van der Waals surface area (Å²) in [5, 5.41) is 13.7. The standard InChI is InChI=1S/C30H25F4N3O4/c31-20-5-3-16(4-6-20)27-28-22(23(15-40-28)30(32,33)34)12-24(37-27)19(14-38)13-36-29(39)18-10-17-2-1-9-35-26(17)25(11-18)41-21-7-8-21/h1-6,9-12,19,21,23,38H,7-8,13-15H2,(H,36,39). The molecule has 2 N–H and O–H groups in total. The van der Waals surface area contributed by atoms with Crippen LogP contribution in [-0.2, 0) is 0 Å². The molecule has 6 rings (SSSR count). The van der Waals surface area contributed by atoms with E-state index in [1.54, 1.807) is 24.4 Å².